The molecule has 45 heavy (non-hydrogen) atoms. The number of benzene rings is 2. The molecule has 3 N–H and O–H groups in total. The van der Waals surface area contributed by atoms with Gasteiger partial charge in [0, 0.05) is 56.8 Å². The molecule has 2 aliphatic heterocycles. The van der Waals surface area contributed by atoms with Crippen LogP contribution in [0, 0.1) is 5.92 Å². The van der Waals surface area contributed by atoms with Crippen LogP contribution in [0.1, 0.15) is 30.0 Å². The van der Waals surface area contributed by atoms with E-state index in [0.717, 1.165) is 79.0 Å². The molecule has 2 aromatic carbocycles. The Bertz CT molecular complexity index is 1700. The third-order valence-electron chi connectivity index (χ3n) is 9.39. The normalized spacial score (nSPS) is 22.0. The summed E-state index contributed by atoms with van der Waals surface area (Å²) in [6, 6.07) is 13.9. The van der Waals surface area contributed by atoms with Crippen molar-refractivity contribution in [2.45, 2.75) is 38.0 Å². The van der Waals surface area contributed by atoms with Crippen molar-refractivity contribution in [1.82, 2.24) is 29.5 Å². The molecule has 11 nitrogen and oxygen atoms in total. The minimum atomic E-state index is -0.581. The van der Waals surface area contributed by atoms with E-state index < -0.39 is 6.10 Å². The summed E-state index contributed by atoms with van der Waals surface area (Å²) in [5.41, 5.74) is 4.88. The monoisotopic (exact) mass is 607 g/mol. The van der Waals surface area contributed by atoms with Crippen molar-refractivity contribution >= 4 is 40.0 Å². The van der Waals surface area contributed by atoms with E-state index in [0.29, 0.717) is 31.3 Å². The first kappa shape index (κ1) is 29.2. The molecule has 3 atom stereocenters. The lowest BCUT2D eigenvalue weighted by Crippen LogP contribution is -2.51. The molecule has 0 saturated carbocycles. The second kappa shape index (κ2) is 12.5. The number of carbonyl (C=O) groups is 1. The molecule has 1 amide bonds. The molecule has 1 aliphatic carbocycles. The third kappa shape index (κ3) is 5.97. The van der Waals surface area contributed by atoms with Gasteiger partial charge in [0.25, 0.3) is 0 Å². The Balaban J connectivity index is 1.18. The number of piperidine rings is 1. The molecule has 1 unspecified atom stereocenters. The topological polar surface area (TPSA) is 115 Å². The lowest BCUT2D eigenvalue weighted by Gasteiger charge is -2.39. The zero-order valence-corrected chi connectivity index (χ0v) is 25.8. The number of anilines is 4. The van der Waals surface area contributed by atoms with Gasteiger partial charge in [-0.3, -0.25) is 9.48 Å². The Morgan fingerprint density at radius 1 is 1.11 bits per heavy atom. The Hall–Kier alpha value is -4.48. The molecule has 2 aromatic heterocycles. The number of nitrogens with zero attached hydrogens (tertiary/aromatic N) is 7. The number of carbonyl (C=O) groups excluding carboxylic acids is 1. The van der Waals surface area contributed by atoms with E-state index in [4.69, 9.17) is 9.97 Å². The van der Waals surface area contributed by atoms with Gasteiger partial charge in [0.1, 0.15) is 0 Å². The summed E-state index contributed by atoms with van der Waals surface area (Å²) in [7, 11) is 2.10. The molecule has 0 radical (unpaired) electrons. The average Bonchev–Trinajstić information content (AvgIpc) is 3.61. The van der Waals surface area contributed by atoms with Crippen molar-refractivity contribution in [3.63, 3.8) is 0 Å². The van der Waals surface area contributed by atoms with Crippen LogP contribution in [0.15, 0.2) is 67.5 Å². The first-order valence-corrected chi connectivity index (χ1v) is 15.9. The van der Waals surface area contributed by atoms with Crippen molar-refractivity contribution in [1.29, 1.82) is 0 Å². The fourth-order valence-corrected chi connectivity index (χ4v) is 6.90. The number of aliphatic hydroxyl groups is 1. The summed E-state index contributed by atoms with van der Waals surface area (Å²) in [5, 5.41) is 23.6. The number of aromatic nitrogens is 4. The predicted molar refractivity (Wildman–Crippen MR) is 177 cm³/mol. The van der Waals surface area contributed by atoms with E-state index in [1.807, 2.05) is 58.4 Å². The van der Waals surface area contributed by atoms with Crippen molar-refractivity contribution in [2.75, 3.05) is 61.8 Å². The number of allylic oxidation sites excluding steroid dienone is 1. The molecule has 4 aromatic rings. The molecule has 0 spiro atoms. The summed E-state index contributed by atoms with van der Waals surface area (Å²) in [5.74, 6) is 1.25. The van der Waals surface area contributed by atoms with Gasteiger partial charge in [-0.25, -0.2) is 4.98 Å². The highest BCUT2D eigenvalue weighted by atomic mass is 16.3. The molecule has 11 heteroatoms. The predicted octanol–water partition coefficient (Wildman–Crippen LogP) is 3.82. The first-order chi connectivity index (χ1) is 22.0. The summed E-state index contributed by atoms with van der Waals surface area (Å²) in [6.45, 7) is 9.26. The third-order valence-corrected chi connectivity index (χ3v) is 9.39. The zero-order valence-electron chi connectivity index (χ0n) is 25.8. The van der Waals surface area contributed by atoms with Crippen LogP contribution in [0.25, 0.3) is 10.9 Å². The number of hydrogen-bond acceptors (Lipinski definition) is 9. The number of amides is 1. The van der Waals surface area contributed by atoms with Crippen LogP contribution in [0.5, 0.6) is 0 Å². The van der Waals surface area contributed by atoms with Crippen LogP contribution in [-0.2, 0) is 17.8 Å². The number of hydrogen-bond donors (Lipinski definition) is 3. The molecule has 7 rings (SSSR count). The van der Waals surface area contributed by atoms with E-state index in [2.05, 4.69) is 51.3 Å². The maximum Gasteiger partial charge on any atom is 0.229 e. The van der Waals surface area contributed by atoms with Crippen LogP contribution >= 0.6 is 0 Å². The standard InChI is InChI=1S/C34H41N9O2/c1-3-12-43-28-19-26(11-10-24(28)20-36-43)37-34-35-21-29(32(39-34)38-31-27-9-5-4-7-23(27)18-30(31)44)42-13-6-8-25(22-42)33(45)41-16-14-40(2)15-17-41/h3-5,7,9-11,19-21,25,30-31,44H,1,6,8,12-18,22H2,2H3,(H2,35,37,38,39)/t25?,30-,31+/m1/s1. The zero-order chi connectivity index (χ0) is 30.9. The number of rotatable bonds is 8. The van der Waals surface area contributed by atoms with Gasteiger partial charge in [-0.2, -0.15) is 10.1 Å². The fraction of sp³-hybridized carbons (Fsp3) is 0.412. The largest absolute Gasteiger partial charge is 0.390 e. The quantitative estimate of drug-likeness (QED) is 0.257. The van der Waals surface area contributed by atoms with Crippen LogP contribution in [0.4, 0.5) is 23.1 Å². The fourth-order valence-electron chi connectivity index (χ4n) is 6.90. The van der Waals surface area contributed by atoms with Gasteiger partial charge in [-0.1, -0.05) is 30.3 Å². The highest BCUT2D eigenvalue weighted by molar-refractivity contribution is 5.83. The van der Waals surface area contributed by atoms with Gasteiger partial charge in [0.2, 0.25) is 11.9 Å². The maximum absolute atomic E-state index is 13.6. The number of fused-ring (bicyclic) bond motifs is 2. The summed E-state index contributed by atoms with van der Waals surface area (Å²) in [4.78, 5) is 29.8. The van der Waals surface area contributed by atoms with E-state index >= 15 is 0 Å². The molecule has 2 saturated heterocycles. The van der Waals surface area contributed by atoms with Gasteiger partial charge in [-0.15, -0.1) is 6.58 Å². The molecular weight excluding hydrogens is 566 g/mol. The Kier molecular flexibility index (Phi) is 8.12. The van der Waals surface area contributed by atoms with E-state index in [1.54, 1.807) is 0 Å². The van der Waals surface area contributed by atoms with Crippen LogP contribution in [-0.4, -0.2) is 93.0 Å². The van der Waals surface area contributed by atoms with Gasteiger partial charge < -0.3 is 30.4 Å². The van der Waals surface area contributed by atoms with Crippen molar-refractivity contribution in [3.8, 4) is 0 Å². The first-order valence-electron chi connectivity index (χ1n) is 15.9. The highest BCUT2D eigenvalue weighted by Crippen LogP contribution is 2.38. The van der Waals surface area contributed by atoms with Gasteiger partial charge in [0.05, 0.1) is 48.2 Å². The van der Waals surface area contributed by atoms with Crippen LogP contribution in [0.2, 0.25) is 0 Å². The maximum atomic E-state index is 13.6. The van der Waals surface area contributed by atoms with Gasteiger partial charge >= 0.3 is 0 Å². The molecule has 4 heterocycles. The summed E-state index contributed by atoms with van der Waals surface area (Å²) in [6.07, 6.45) is 7.31. The Morgan fingerprint density at radius 3 is 2.80 bits per heavy atom. The van der Waals surface area contributed by atoms with Crippen LogP contribution in [0.3, 0.4) is 0 Å². The van der Waals surface area contributed by atoms with E-state index in [9.17, 15) is 9.90 Å². The Morgan fingerprint density at radius 2 is 1.96 bits per heavy atom. The summed E-state index contributed by atoms with van der Waals surface area (Å²) < 4.78 is 1.90. The SMILES string of the molecule is C=CCn1ncc2ccc(Nc3ncc(N4CCCC(C(=O)N5CCN(C)CC5)C4)c(N[C@H]4c5ccccc5C[C@H]4O)n3)cc21. The van der Waals surface area contributed by atoms with Gasteiger partial charge in [-0.05, 0) is 49.2 Å². The number of nitrogens with one attached hydrogen (secondary N) is 2. The number of aliphatic hydroxyl groups excluding tert-OH is 1. The van der Waals surface area contributed by atoms with Crippen molar-refractivity contribution < 1.29 is 9.90 Å². The van der Waals surface area contributed by atoms with Gasteiger partial charge in [0.15, 0.2) is 5.82 Å². The average molecular weight is 608 g/mol. The molecular formula is C34H41N9O2. The lowest BCUT2D eigenvalue weighted by molar-refractivity contribution is -0.137. The molecule has 3 aliphatic rings. The lowest BCUT2D eigenvalue weighted by atomic mass is 9.95. The second-order valence-corrected chi connectivity index (χ2v) is 12.4. The number of piperazine rings is 1. The summed E-state index contributed by atoms with van der Waals surface area (Å²) >= 11 is 0. The molecule has 2 fully saturated rings. The second-order valence-electron chi connectivity index (χ2n) is 12.4. The minimum absolute atomic E-state index is 0.0715. The molecule has 234 valence electrons. The van der Waals surface area contributed by atoms with Crippen molar-refractivity contribution in [2.24, 2.45) is 5.92 Å². The molecule has 0 bridgehead atoms. The Labute approximate surface area is 263 Å². The minimum Gasteiger partial charge on any atom is -0.390 e. The van der Waals surface area contributed by atoms with Crippen molar-refractivity contribution in [3.05, 3.63) is 78.6 Å². The number of likely N-dealkylation sites (N-methyl/N-ethyl adjacent to an activating group) is 1. The van der Waals surface area contributed by atoms with Crippen LogP contribution < -0.4 is 15.5 Å². The highest BCUT2D eigenvalue weighted by Gasteiger charge is 2.34. The van der Waals surface area contributed by atoms with E-state index in [-0.39, 0.29) is 17.9 Å². The van der Waals surface area contributed by atoms with E-state index in [1.165, 1.54) is 0 Å². The smallest absolute Gasteiger partial charge is 0.229 e.